The van der Waals surface area contributed by atoms with Crippen molar-refractivity contribution in [3.63, 3.8) is 0 Å². The topological polar surface area (TPSA) is 66.5 Å². The normalized spacial score (nSPS) is 22.1. The number of rotatable bonds is 5. The van der Waals surface area contributed by atoms with Crippen LogP contribution in [0.4, 0.5) is 0 Å². The average molecular weight is 290 g/mol. The molecule has 6 heteroatoms. The summed E-state index contributed by atoms with van der Waals surface area (Å²) >= 11 is 0. The lowest BCUT2D eigenvalue weighted by molar-refractivity contribution is -0.136. The lowest BCUT2D eigenvalue weighted by atomic mass is 10.0. The molecule has 19 heavy (non-hydrogen) atoms. The van der Waals surface area contributed by atoms with E-state index < -0.39 is 14.6 Å². The largest absolute Gasteiger partial charge is 0.340 e. The molecule has 1 N–H and O–H groups in total. The van der Waals surface area contributed by atoms with Gasteiger partial charge in [0.2, 0.25) is 5.91 Å². The van der Waals surface area contributed by atoms with Crippen LogP contribution in [0.2, 0.25) is 0 Å². The van der Waals surface area contributed by atoms with Crippen molar-refractivity contribution in [1.82, 2.24) is 10.2 Å². The second-order valence-electron chi connectivity index (χ2n) is 6.31. The number of hydrogen-bond acceptors (Lipinski definition) is 4. The third-order valence-corrected chi connectivity index (χ3v) is 5.78. The Bertz CT molecular complexity index is 429. The zero-order valence-electron chi connectivity index (χ0n) is 12.6. The third kappa shape index (κ3) is 4.18. The molecular weight excluding hydrogens is 264 g/mol. The standard InChI is InChI=1S/C13H26N2O3S/c1-10(2)14-11-7-6-8-15(12(11)16)9-13(3,4)19(5,17)18/h10-11,14H,6-9H2,1-5H3. The molecule has 1 heterocycles. The molecule has 1 amide bonds. The predicted molar refractivity (Wildman–Crippen MR) is 76.8 cm³/mol. The Hall–Kier alpha value is -0.620. The van der Waals surface area contributed by atoms with Gasteiger partial charge in [-0.15, -0.1) is 0 Å². The average Bonchev–Trinajstić information content (AvgIpc) is 2.21. The molecular formula is C13H26N2O3S. The van der Waals surface area contributed by atoms with E-state index in [-0.39, 0.29) is 24.5 Å². The van der Waals surface area contributed by atoms with Crippen LogP contribution in [0.25, 0.3) is 0 Å². The molecule has 1 unspecified atom stereocenters. The first-order valence-corrected chi connectivity index (χ1v) is 8.68. The second kappa shape index (κ2) is 5.79. The number of piperidine rings is 1. The lowest BCUT2D eigenvalue weighted by Crippen LogP contribution is -2.56. The van der Waals surface area contributed by atoms with Crippen LogP contribution in [-0.4, -0.2) is 55.4 Å². The smallest absolute Gasteiger partial charge is 0.239 e. The fraction of sp³-hybridized carbons (Fsp3) is 0.923. The van der Waals surface area contributed by atoms with Crippen LogP contribution in [0.5, 0.6) is 0 Å². The van der Waals surface area contributed by atoms with Gasteiger partial charge in [-0.3, -0.25) is 4.79 Å². The maximum atomic E-state index is 12.3. The lowest BCUT2D eigenvalue weighted by Gasteiger charge is -2.37. The fourth-order valence-electron chi connectivity index (χ4n) is 2.23. The molecule has 0 saturated carbocycles. The highest BCUT2D eigenvalue weighted by Gasteiger charge is 2.37. The quantitative estimate of drug-likeness (QED) is 0.813. The minimum Gasteiger partial charge on any atom is -0.340 e. The molecule has 112 valence electrons. The highest BCUT2D eigenvalue weighted by molar-refractivity contribution is 7.92. The van der Waals surface area contributed by atoms with Crippen LogP contribution in [0, 0.1) is 0 Å². The summed E-state index contributed by atoms with van der Waals surface area (Å²) in [5.74, 6) is 0.0247. The van der Waals surface area contributed by atoms with Crippen molar-refractivity contribution in [2.75, 3.05) is 19.3 Å². The van der Waals surface area contributed by atoms with Crippen LogP contribution < -0.4 is 5.32 Å². The highest BCUT2D eigenvalue weighted by Crippen LogP contribution is 2.21. The van der Waals surface area contributed by atoms with Crippen molar-refractivity contribution in [2.24, 2.45) is 0 Å². The molecule has 5 nitrogen and oxygen atoms in total. The van der Waals surface area contributed by atoms with E-state index in [0.29, 0.717) is 6.54 Å². The van der Waals surface area contributed by atoms with Gasteiger partial charge in [-0.25, -0.2) is 8.42 Å². The summed E-state index contributed by atoms with van der Waals surface area (Å²) in [6, 6.07) is 0.0703. The van der Waals surface area contributed by atoms with Crippen LogP contribution in [0.15, 0.2) is 0 Å². The molecule has 0 spiro atoms. The number of amides is 1. The molecule has 1 atom stereocenters. The van der Waals surface area contributed by atoms with E-state index >= 15 is 0 Å². The molecule has 0 radical (unpaired) electrons. The van der Waals surface area contributed by atoms with Crippen LogP contribution in [0.1, 0.15) is 40.5 Å². The van der Waals surface area contributed by atoms with Crippen molar-refractivity contribution in [1.29, 1.82) is 0 Å². The number of carbonyl (C=O) groups is 1. The van der Waals surface area contributed by atoms with E-state index in [1.54, 1.807) is 18.7 Å². The molecule has 0 aromatic rings. The highest BCUT2D eigenvalue weighted by atomic mass is 32.2. The monoisotopic (exact) mass is 290 g/mol. The molecule has 0 bridgehead atoms. The third-order valence-electron chi connectivity index (χ3n) is 3.64. The van der Waals surface area contributed by atoms with Crippen LogP contribution in [-0.2, 0) is 14.6 Å². The first-order chi connectivity index (χ1) is 8.54. The van der Waals surface area contributed by atoms with Crippen molar-refractivity contribution in [2.45, 2.75) is 57.4 Å². The molecule has 1 fully saturated rings. The zero-order chi connectivity index (χ0) is 14.8. The minimum absolute atomic E-state index is 0.0247. The van der Waals surface area contributed by atoms with Gasteiger partial charge in [0, 0.05) is 25.4 Å². The summed E-state index contributed by atoms with van der Waals surface area (Å²) in [5.41, 5.74) is 0. The summed E-state index contributed by atoms with van der Waals surface area (Å²) in [5, 5.41) is 3.25. The predicted octanol–water partition coefficient (Wildman–Crippen LogP) is 0.799. The number of likely N-dealkylation sites (tertiary alicyclic amines) is 1. The first kappa shape index (κ1) is 16.4. The SMILES string of the molecule is CC(C)NC1CCCN(CC(C)(C)S(C)(=O)=O)C1=O. The second-order valence-corrected chi connectivity index (χ2v) is 8.96. The van der Waals surface area contributed by atoms with Crippen LogP contribution >= 0.6 is 0 Å². The fourth-order valence-corrected chi connectivity index (χ4v) is 2.62. The van der Waals surface area contributed by atoms with E-state index in [4.69, 9.17) is 0 Å². The Labute approximate surface area is 116 Å². The van der Waals surface area contributed by atoms with E-state index in [9.17, 15) is 13.2 Å². The van der Waals surface area contributed by atoms with Gasteiger partial charge in [0.15, 0.2) is 9.84 Å². The molecule has 0 aliphatic carbocycles. The Kier molecular flexibility index (Phi) is 5.01. The van der Waals surface area contributed by atoms with Crippen LogP contribution in [0.3, 0.4) is 0 Å². The van der Waals surface area contributed by atoms with E-state index in [1.807, 2.05) is 13.8 Å². The van der Waals surface area contributed by atoms with E-state index in [1.165, 1.54) is 6.26 Å². The molecule has 0 aromatic carbocycles. The Morgan fingerprint density at radius 1 is 1.42 bits per heavy atom. The number of nitrogens with one attached hydrogen (secondary N) is 1. The number of carbonyl (C=O) groups excluding carboxylic acids is 1. The van der Waals surface area contributed by atoms with Gasteiger partial charge in [0.05, 0.1) is 10.8 Å². The molecule has 0 aromatic heterocycles. The maximum Gasteiger partial charge on any atom is 0.239 e. The Morgan fingerprint density at radius 2 is 2.00 bits per heavy atom. The molecule has 1 aliphatic heterocycles. The van der Waals surface area contributed by atoms with Gasteiger partial charge in [0.1, 0.15) is 0 Å². The number of nitrogens with zero attached hydrogens (tertiary/aromatic N) is 1. The number of sulfone groups is 1. The summed E-state index contributed by atoms with van der Waals surface area (Å²) < 4.78 is 22.6. The maximum absolute atomic E-state index is 12.3. The Balaban J connectivity index is 2.76. The first-order valence-electron chi connectivity index (χ1n) is 6.79. The van der Waals surface area contributed by atoms with Gasteiger partial charge in [0.25, 0.3) is 0 Å². The van der Waals surface area contributed by atoms with Gasteiger partial charge in [-0.1, -0.05) is 13.8 Å². The molecule has 1 rings (SSSR count). The minimum atomic E-state index is -3.18. The van der Waals surface area contributed by atoms with Crippen molar-refractivity contribution >= 4 is 15.7 Å². The Morgan fingerprint density at radius 3 is 2.47 bits per heavy atom. The molecule has 1 saturated heterocycles. The van der Waals surface area contributed by atoms with Gasteiger partial charge in [-0.05, 0) is 26.7 Å². The molecule has 1 aliphatic rings. The summed E-state index contributed by atoms with van der Waals surface area (Å²) in [7, 11) is -3.18. The van der Waals surface area contributed by atoms with Crippen molar-refractivity contribution < 1.29 is 13.2 Å². The van der Waals surface area contributed by atoms with Gasteiger partial charge >= 0.3 is 0 Å². The van der Waals surface area contributed by atoms with Gasteiger partial charge in [-0.2, -0.15) is 0 Å². The van der Waals surface area contributed by atoms with Crippen molar-refractivity contribution in [3.05, 3.63) is 0 Å². The van der Waals surface area contributed by atoms with Crippen molar-refractivity contribution in [3.8, 4) is 0 Å². The summed E-state index contributed by atoms with van der Waals surface area (Å²) in [4.78, 5) is 14.0. The van der Waals surface area contributed by atoms with E-state index in [2.05, 4.69) is 5.32 Å². The van der Waals surface area contributed by atoms with E-state index in [0.717, 1.165) is 12.8 Å². The summed E-state index contributed by atoms with van der Waals surface area (Å²) in [6.07, 6.45) is 2.97. The van der Waals surface area contributed by atoms with Gasteiger partial charge < -0.3 is 10.2 Å². The number of hydrogen-bond donors (Lipinski definition) is 1. The summed E-state index contributed by atoms with van der Waals surface area (Å²) in [6.45, 7) is 8.28. The zero-order valence-corrected chi connectivity index (χ0v) is 13.4.